The van der Waals surface area contributed by atoms with Crippen molar-refractivity contribution in [2.75, 3.05) is 0 Å². The molecule has 0 aliphatic rings. The van der Waals surface area contributed by atoms with Crippen molar-refractivity contribution in [2.24, 2.45) is 5.10 Å². The van der Waals surface area contributed by atoms with Gasteiger partial charge in [0.2, 0.25) is 0 Å². The number of hydrogen-bond acceptors (Lipinski definition) is 4. The predicted molar refractivity (Wildman–Crippen MR) is 98.8 cm³/mol. The molecule has 3 aromatic rings. The number of carbonyl (C=O) groups excluding carboxylic acids is 1. The topological polar surface area (TPSA) is 81.9 Å². The number of benzene rings is 3. The zero-order chi connectivity index (χ0) is 18.0. The summed E-state index contributed by atoms with van der Waals surface area (Å²) in [6.45, 7) is 0. The van der Waals surface area contributed by atoms with Crippen LogP contribution in [0.2, 0.25) is 10.0 Å². The first-order chi connectivity index (χ1) is 12.0. The monoisotopic (exact) mass is 374 g/mol. The van der Waals surface area contributed by atoms with E-state index in [9.17, 15) is 15.0 Å². The summed E-state index contributed by atoms with van der Waals surface area (Å²) in [5.74, 6) is -0.940. The van der Waals surface area contributed by atoms with Gasteiger partial charge in [0.25, 0.3) is 5.91 Å². The summed E-state index contributed by atoms with van der Waals surface area (Å²) in [5.41, 5.74) is 2.63. The fourth-order valence-corrected chi connectivity index (χ4v) is 2.82. The van der Waals surface area contributed by atoms with Gasteiger partial charge in [-0.15, -0.1) is 0 Å². The fraction of sp³-hybridized carbons (Fsp3) is 0. The van der Waals surface area contributed by atoms with Gasteiger partial charge in [0.1, 0.15) is 11.5 Å². The number of halogens is 2. The first-order valence-corrected chi connectivity index (χ1v) is 7.94. The highest BCUT2D eigenvalue weighted by molar-refractivity contribution is 6.36. The number of nitrogens with one attached hydrogen (secondary N) is 1. The largest absolute Gasteiger partial charge is 0.507 e. The number of hydrazone groups is 1. The summed E-state index contributed by atoms with van der Waals surface area (Å²) in [7, 11) is 0. The van der Waals surface area contributed by atoms with Crippen LogP contribution < -0.4 is 5.43 Å². The van der Waals surface area contributed by atoms with Crippen molar-refractivity contribution in [3.05, 3.63) is 69.7 Å². The molecule has 0 unspecified atom stereocenters. The zero-order valence-corrected chi connectivity index (χ0v) is 14.2. The van der Waals surface area contributed by atoms with Gasteiger partial charge in [-0.05, 0) is 35.0 Å². The summed E-state index contributed by atoms with van der Waals surface area (Å²) < 4.78 is 0. The molecule has 1 amide bonds. The average Bonchev–Trinajstić information content (AvgIpc) is 2.58. The summed E-state index contributed by atoms with van der Waals surface area (Å²) in [5, 5.41) is 25.7. The van der Waals surface area contributed by atoms with Crippen molar-refractivity contribution in [3.8, 4) is 11.5 Å². The molecule has 0 aromatic heterocycles. The number of aromatic hydroxyl groups is 2. The van der Waals surface area contributed by atoms with E-state index in [1.165, 1.54) is 24.4 Å². The van der Waals surface area contributed by atoms with Crippen LogP contribution in [0.3, 0.4) is 0 Å². The number of hydrogen-bond donors (Lipinski definition) is 3. The highest BCUT2D eigenvalue weighted by Crippen LogP contribution is 2.30. The highest BCUT2D eigenvalue weighted by Gasteiger charge is 2.12. The molecule has 3 rings (SSSR count). The predicted octanol–water partition coefficient (Wildman–Crippen LogP) is 4.32. The molecule has 3 N–H and O–H groups in total. The van der Waals surface area contributed by atoms with E-state index in [-0.39, 0.29) is 27.6 Å². The van der Waals surface area contributed by atoms with Crippen LogP contribution in [0.25, 0.3) is 10.8 Å². The number of amides is 1. The van der Waals surface area contributed by atoms with Gasteiger partial charge in [0.15, 0.2) is 0 Å². The van der Waals surface area contributed by atoms with Gasteiger partial charge >= 0.3 is 0 Å². The molecule has 0 spiro atoms. The molecular weight excluding hydrogens is 363 g/mol. The molecule has 7 heteroatoms. The Morgan fingerprint density at radius 2 is 1.72 bits per heavy atom. The molecule has 5 nitrogen and oxygen atoms in total. The second-order valence-electron chi connectivity index (χ2n) is 5.24. The van der Waals surface area contributed by atoms with E-state index in [1.54, 1.807) is 6.07 Å². The average molecular weight is 375 g/mol. The second-order valence-corrected chi connectivity index (χ2v) is 6.08. The Labute approximate surface area is 153 Å². The van der Waals surface area contributed by atoms with Gasteiger partial charge < -0.3 is 10.2 Å². The molecule has 0 saturated carbocycles. The lowest BCUT2D eigenvalue weighted by atomic mass is 10.1. The SMILES string of the molecule is O=C(N/N=C\c1cc(Cl)cc(Cl)c1O)c1cc2ccccc2cc1O. The lowest BCUT2D eigenvalue weighted by molar-refractivity contribution is 0.0952. The zero-order valence-electron chi connectivity index (χ0n) is 12.7. The molecular formula is C18H12Cl2N2O3. The van der Waals surface area contributed by atoms with Gasteiger partial charge in [-0.2, -0.15) is 5.10 Å². The number of phenolic OH excluding ortho intramolecular Hbond substituents is 2. The van der Waals surface area contributed by atoms with Crippen molar-refractivity contribution in [2.45, 2.75) is 0 Å². The van der Waals surface area contributed by atoms with Gasteiger partial charge in [-0.3, -0.25) is 4.79 Å². The van der Waals surface area contributed by atoms with E-state index in [0.717, 1.165) is 10.8 Å². The van der Waals surface area contributed by atoms with Crippen LogP contribution in [-0.2, 0) is 0 Å². The molecule has 0 atom stereocenters. The third-order valence-electron chi connectivity index (χ3n) is 3.54. The molecule has 126 valence electrons. The molecule has 0 fully saturated rings. The van der Waals surface area contributed by atoms with Gasteiger partial charge in [-0.1, -0.05) is 47.5 Å². The van der Waals surface area contributed by atoms with E-state index in [2.05, 4.69) is 10.5 Å². The number of carbonyl (C=O) groups is 1. The van der Waals surface area contributed by atoms with Crippen molar-refractivity contribution in [3.63, 3.8) is 0 Å². The Bertz CT molecular complexity index is 1000. The summed E-state index contributed by atoms with van der Waals surface area (Å²) in [6, 6.07) is 13.3. The first-order valence-electron chi connectivity index (χ1n) is 7.19. The Kier molecular flexibility index (Phi) is 4.79. The van der Waals surface area contributed by atoms with Crippen LogP contribution in [0, 0.1) is 0 Å². The maximum absolute atomic E-state index is 12.2. The standard InChI is InChI=1S/C18H12Cl2N2O3/c19-13-5-12(17(24)15(20)8-13)9-21-22-18(25)14-6-10-3-1-2-4-11(10)7-16(14)23/h1-9,23-24H,(H,22,25)/b21-9-. The maximum Gasteiger partial charge on any atom is 0.275 e. The van der Waals surface area contributed by atoms with Crippen molar-refractivity contribution < 1.29 is 15.0 Å². The minimum absolute atomic E-state index is 0.0763. The van der Waals surface area contributed by atoms with E-state index in [0.29, 0.717) is 5.02 Å². The number of nitrogens with zero attached hydrogens (tertiary/aromatic N) is 1. The third kappa shape index (κ3) is 3.68. The highest BCUT2D eigenvalue weighted by atomic mass is 35.5. The van der Waals surface area contributed by atoms with Crippen LogP contribution in [0.5, 0.6) is 11.5 Å². The molecule has 0 aliphatic carbocycles. The van der Waals surface area contributed by atoms with Gasteiger partial charge in [0.05, 0.1) is 16.8 Å². The lowest BCUT2D eigenvalue weighted by Crippen LogP contribution is -2.17. The Balaban J connectivity index is 1.82. The van der Waals surface area contributed by atoms with Crippen LogP contribution in [0.1, 0.15) is 15.9 Å². The van der Waals surface area contributed by atoms with Crippen LogP contribution in [0.15, 0.2) is 53.6 Å². The van der Waals surface area contributed by atoms with Crippen molar-refractivity contribution in [1.29, 1.82) is 0 Å². The Morgan fingerprint density at radius 3 is 2.44 bits per heavy atom. The van der Waals surface area contributed by atoms with Crippen LogP contribution in [-0.4, -0.2) is 22.3 Å². The van der Waals surface area contributed by atoms with Gasteiger partial charge in [-0.25, -0.2) is 5.43 Å². The van der Waals surface area contributed by atoms with E-state index < -0.39 is 5.91 Å². The van der Waals surface area contributed by atoms with E-state index in [1.807, 2.05) is 24.3 Å². The normalized spacial score (nSPS) is 11.1. The second kappa shape index (κ2) is 7.01. The maximum atomic E-state index is 12.2. The third-order valence-corrected chi connectivity index (χ3v) is 4.04. The fourth-order valence-electron chi connectivity index (χ4n) is 2.32. The minimum atomic E-state index is -0.591. The van der Waals surface area contributed by atoms with E-state index >= 15 is 0 Å². The molecule has 0 heterocycles. The number of phenols is 2. The van der Waals surface area contributed by atoms with Crippen molar-refractivity contribution >= 4 is 46.1 Å². The molecule has 0 bridgehead atoms. The van der Waals surface area contributed by atoms with Crippen LogP contribution in [0.4, 0.5) is 0 Å². The Hall–Kier alpha value is -2.76. The van der Waals surface area contributed by atoms with Crippen molar-refractivity contribution in [1.82, 2.24) is 5.43 Å². The van der Waals surface area contributed by atoms with Crippen LogP contribution >= 0.6 is 23.2 Å². The smallest absolute Gasteiger partial charge is 0.275 e. The summed E-state index contributed by atoms with van der Waals surface area (Å²) in [4.78, 5) is 12.2. The lowest BCUT2D eigenvalue weighted by Gasteiger charge is -2.06. The summed E-state index contributed by atoms with van der Waals surface area (Å²) in [6.07, 6.45) is 1.21. The molecule has 3 aromatic carbocycles. The Morgan fingerprint density at radius 1 is 1.04 bits per heavy atom. The number of fused-ring (bicyclic) bond motifs is 1. The number of rotatable bonds is 3. The van der Waals surface area contributed by atoms with Gasteiger partial charge in [0, 0.05) is 10.6 Å². The summed E-state index contributed by atoms with van der Waals surface area (Å²) >= 11 is 11.7. The minimum Gasteiger partial charge on any atom is -0.507 e. The quantitative estimate of drug-likeness (QED) is 0.471. The molecule has 25 heavy (non-hydrogen) atoms. The van der Waals surface area contributed by atoms with E-state index in [4.69, 9.17) is 23.2 Å². The first kappa shape index (κ1) is 17.1. The molecule has 0 radical (unpaired) electrons. The molecule has 0 aliphatic heterocycles. The molecule has 0 saturated heterocycles.